The van der Waals surface area contributed by atoms with Crippen molar-refractivity contribution in [3.63, 3.8) is 0 Å². The fourth-order valence-corrected chi connectivity index (χ4v) is 3.45. The molecule has 1 aliphatic heterocycles. The Kier molecular flexibility index (Phi) is 3.15. The first kappa shape index (κ1) is 11.8. The second kappa shape index (κ2) is 4.79. The summed E-state index contributed by atoms with van der Waals surface area (Å²) < 4.78 is 2.11. The van der Waals surface area contributed by atoms with Crippen LogP contribution in [0.4, 0.5) is 0 Å². The molecule has 2 aromatic heterocycles. The number of aromatic nitrogens is 3. The third-order valence-electron chi connectivity index (χ3n) is 3.42. The molecule has 0 saturated heterocycles. The average Bonchev–Trinajstić information content (AvgIpc) is 2.99. The van der Waals surface area contributed by atoms with Crippen molar-refractivity contribution in [2.45, 2.75) is 26.1 Å². The number of hydrogen-bond acceptors (Lipinski definition) is 5. The van der Waals surface area contributed by atoms with Crippen molar-refractivity contribution in [2.75, 3.05) is 13.1 Å². The van der Waals surface area contributed by atoms with Gasteiger partial charge in [-0.25, -0.2) is 0 Å². The number of aryl methyl sites for hydroxylation is 1. The second-order valence-electron chi connectivity index (χ2n) is 4.61. The second-order valence-corrected chi connectivity index (χ2v) is 5.93. The minimum absolute atomic E-state index is 0.300. The lowest BCUT2D eigenvalue weighted by Crippen LogP contribution is -2.39. The van der Waals surface area contributed by atoms with Gasteiger partial charge in [-0.05, 0) is 19.1 Å². The van der Waals surface area contributed by atoms with E-state index in [1.165, 1.54) is 9.75 Å². The van der Waals surface area contributed by atoms with Crippen molar-refractivity contribution in [1.29, 1.82) is 0 Å². The highest BCUT2D eigenvalue weighted by atomic mass is 32.1. The fraction of sp³-hybridized carbons (Fsp3) is 0.500. The molecule has 0 spiro atoms. The molecule has 1 unspecified atom stereocenters. The fourth-order valence-electron chi connectivity index (χ4n) is 2.43. The molecule has 2 N–H and O–H groups in total. The molecule has 2 aromatic rings. The molecule has 0 aromatic carbocycles. The van der Waals surface area contributed by atoms with Gasteiger partial charge >= 0.3 is 0 Å². The third-order valence-corrected chi connectivity index (χ3v) is 4.52. The van der Waals surface area contributed by atoms with E-state index < -0.39 is 0 Å². The number of rotatable bonds is 3. The normalized spacial score (nSPS) is 17.7. The summed E-state index contributed by atoms with van der Waals surface area (Å²) in [4.78, 5) is 5.08. The number of thiophene rings is 1. The highest BCUT2D eigenvalue weighted by Crippen LogP contribution is 2.29. The zero-order chi connectivity index (χ0) is 12.5. The Morgan fingerprint density at radius 2 is 2.33 bits per heavy atom. The van der Waals surface area contributed by atoms with E-state index in [1.807, 2.05) is 11.3 Å². The maximum absolute atomic E-state index is 5.96. The maximum Gasteiger partial charge on any atom is 0.147 e. The zero-order valence-electron chi connectivity index (χ0n) is 10.4. The van der Waals surface area contributed by atoms with Gasteiger partial charge in [0, 0.05) is 29.4 Å². The highest BCUT2D eigenvalue weighted by Gasteiger charge is 2.25. The quantitative estimate of drug-likeness (QED) is 0.903. The minimum atomic E-state index is 0.300. The first-order valence-corrected chi connectivity index (χ1v) is 6.96. The topological polar surface area (TPSA) is 60.0 Å². The molecule has 6 heteroatoms. The Morgan fingerprint density at radius 3 is 3.06 bits per heavy atom. The van der Waals surface area contributed by atoms with Crippen molar-refractivity contribution in [2.24, 2.45) is 5.73 Å². The van der Waals surface area contributed by atoms with Crippen LogP contribution in [0.15, 0.2) is 18.5 Å². The molecular weight excluding hydrogens is 246 g/mol. The predicted molar refractivity (Wildman–Crippen MR) is 71.3 cm³/mol. The molecule has 1 aliphatic rings. The zero-order valence-corrected chi connectivity index (χ0v) is 11.2. The summed E-state index contributed by atoms with van der Waals surface area (Å²) >= 11 is 1.83. The third kappa shape index (κ3) is 2.07. The van der Waals surface area contributed by atoms with Crippen molar-refractivity contribution in [1.82, 2.24) is 19.7 Å². The molecule has 96 valence electrons. The minimum Gasteiger partial charge on any atom is -0.329 e. The Bertz CT molecular complexity index is 532. The van der Waals surface area contributed by atoms with Gasteiger partial charge in [0.15, 0.2) is 0 Å². The van der Waals surface area contributed by atoms with E-state index in [4.69, 9.17) is 5.73 Å². The van der Waals surface area contributed by atoms with Crippen LogP contribution in [0, 0.1) is 6.92 Å². The van der Waals surface area contributed by atoms with Crippen LogP contribution >= 0.6 is 11.3 Å². The molecule has 3 heterocycles. The van der Waals surface area contributed by atoms with Gasteiger partial charge in [0.1, 0.15) is 12.2 Å². The van der Waals surface area contributed by atoms with E-state index >= 15 is 0 Å². The molecule has 0 bridgehead atoms. The van der Waals surface area contributed by atoms with Crippen molar-refractivity contribution < 1.29 is 0 Å². The monoisotopic (exact) mass is 263 g/mol. The van der Waals surface area contributed by atoms with Crippen molar-refractivity contribution in [3.05, 3.63) is 34.0 Å². The summed E-state index contributed by atoms with van der Waals surface area (Å²) in [7, 11) is 0. The summed E-state index contributed by atoms with van der Waals surface area (Å²) in [6.45, 7) is 5.56. The lowest BCUT2D eigenvalue weighted by molar-refractivity contribution is 0.158. The molecule has 0 amide bonds. The van der Waals surface area contributed by atoms with E-state index in [-0.39, 0.29) is 0 Å². The molecule has 3 rings (SSSR count). The number of hydrogen-bond donors (Lipinski definition) is 1. The molecular formula is C12H17N5S. The van der Waals surface area contributed by atoms with Gasteiger partial charge in [0.2, 0.25) is 0 Å². The number of fused-ring (bicyclic) bond motifs is 1. The van der Waals surface area contributed by atoms with Crippen LogP contribution in [0.3, 0.4) is 0 Å². The molecule has 0 saturated carbocycles. The summed E-state index contributed by atoms with van der Waals surface area (Å²) in [5.41, 5.74) is 5.96. The van der Waals surface area contributed by atoms with Crippen molar-refractivity contribution >= 4 is 11.3 Å². The van der Waals surface area contributed by atoms with E-state index in [9.17, 15) is 0 Å². The predicted octanol–water partition coefficient (Wildman–Crippen LogP) is 1.16. The van der Waals surface area contributed by atoms with Crippen LogP contribution in [-0.2, 0) is 13.1 Å². The standard InChI is InChI=1S/C12H17N5S/c1-9-2-3-11(18-9)10(6-13)16-4-5-17-8-14-15-12(17)7-16/h2-3,8,10H,4-7,13H2,1H3. The SMILES string of the molecule is Cc1ccc(C(CN)N2CCn3cnnc3C2)s1. The van der Waals surface area contributed by atoms with Crippen LogP contribution in [0.2, 0.25) is 0 Å². The maximum atomic E-state index is 5.96. The van der Waals surface area contributed by atoms with Gasteiger partial charge in [0.25, 0.3) is 0 Å². The molecule has 0 fully saturated rings. The summed E-state index contributed by atoms with van der Waals surface area (Å²) in [5, 5.41) is 8.11. The molecule has 5 nitrogen and oxygen atoms in total. The van der Waals surface area contributed by atoms with Crippen molar-refractivity contribution in [3.8, 4) is 0 Å². The van der Waals surface area contributed by atoms with E-state index in [2.05, 4.69) is 38.7 Å². The van der Waals surface area contributed by atoms with Crippen LogP contribution in [0.5, 0.6) is 0 Å². The Labute approximate surface area is 110 Å². The summed E-state index contributed by atoms with van der Waals surface area (Å²) in [6.07, 6.45) is 1.80. The molecule has 0 aliphatic carbocycles. The van der Waals surface area contributed by atoms with Crippen LogP contribution in [0.25, 0.3) is 0 Å². The van der Waals surface area contributed by atoms with Gasteiger partial charge in [-0.15, -0.1) is 21.5 Å². The van der Waals surface area contributed by atoms with Crippen LogP contribution in [-0.4, -0.2) is 32.8 Å². The Morgan fingerprint density at radius 1 is 1.44 bits per heavy atom. The summed E-state index contributed by atoms with van der Waals surface area (Å²) in [6, 6.07) is 4.65. The summed E-state index contributed by atoms with van der Waals surface area (Å²) in [5.74, 6) is 1.04. The lowest BCUT2D eigenvalue weighted by atomic mass is 10.2. The van der Waals surface area contributed by atoms with Crippen LogP contribution in [0.1, 0.15) is 21.6 Å². The highest BCUT2D eigenvalue weighted by molar-refractivity contribution is 7.12. The first-order chi connectivity index (χ1) is 8.78. The molecule has 0 radical (unpaired) electrons. The van der Waals surface area contributed by atoms with E-state index in [0.29, 0.717) is 12.6 Å². The smallest absolute Gasteiger partial charge is 0.147 e. The number of nitrogens with two attached hydrogens (primary N) is 1. The first-order valence-electron chi connectivity index (χ1n) is 6.15. The molecule has 1 atom stereocenters. The largest absolute Gasteiger partial charge is 0.329 e. The van der Waals surface area contributed by atoms with Gasteiger partial charge in [-0.2, -0.15) is 0 Å². The van der Waals surface area contributed by atoms with Gasteiger partial charge in [-0.1, -0.05) is 0 Å². The Hall–Kier alpha value is -1.24. The van der Waals surface area contributed by atoms with Gasteiger partial charge in [-0.3, -0.25) is 4.90 Å². The van der Waals surface area contributed by atoms with E-state index in [1.54, 1.807) is 6.33 Å². The van der Waals surface area contributed by atoms with Crippen LogP contribution < -0.4 is 5.73 Å². The van der Waals surface area contributed by atoms with Gasteiger partial charge < -0.3 is 10.3 Å². The van der Waals surface area contributed by atoms with E-state index in [0.717, 1.165) is 25.5 Å². The Balaban J connectivity index is 1.82. The average molecular weight is 263 g/mol. The molecule has 18 heavy (non-hydrogen) atoms. The lowest BCUT2D eigenvalue weighted by Gasteiger charge is -2.33. The van der Waals surface area contributed by atoms with Gasteiger partial charge in [0.05, 0.1) is 12.6 Å². The number of nitrogens with zero attached hydrogens (tertiary/aromatic N) is 4.